The van der Waals surface area contributed by atoms with E-state index in [0.29, 0.717) is 6.04 Å². The van der Waals surface area contributed by atoms with E-state index in [1.807, 2.05) is 12.1 Å². The van der Waals surface area contributed by atoms with Gasteiger partial charge >= 0.3 is 0 Å². The average molecular weight is 378 g/mol. The van der Waals surface area contributed by atoms with Gasteiger partial charge in [-0.25, -0.2) is 0 Å². The van der Waals surface area contributed by atoms with Gasteiger partial charge in [0, 0.05) is 44.3 Å². The highest BCUT2D eigenvalue weighted by atomic mass is 32.1. The van der Waals surface area contributed by atoms with Gasteiger partial charge in [0.05, 0.1) is 20.3 Å². The molecule has 26 heavy (non-hydrogen) atoms. The third kappa shape index (κ3) is 5.56. The second kappa shape index (κ2) is 10.1. The SMILES string of the molecule is COc1ccccc1CN(CCN1CCOCC1)C(=S)NC1CCCC1. The summed E-state index contributed by atoms with van der Waals surface area (Å²) in [5.74, 6) is 0.924. The van der Waals surface area contributed by atoms with Gasteiger partial charge in [-0.2, -0.15) is 0 Å². The molecule has 5 nitrogen and oxygen atoms in total. The van der Waals surface area contributed by atoms with Crippen molar-refractivity contribution in [2.75, 3.05) is 46.5 Å². The Kier molecular flexibility index (Phi) is 7.53. The molecule has 1 saturated heterocycles. The van der Waals surface area contributed by atoms with Gasteiger partial charge in [-0.1, -0.05) is 31.0 Å². The highest BCUT2D eigenvalue weighted by molar-refractivity contribution is 7.80. The zero-order valence-corrected chi connectivity index (χ0v) is 16.6. The minimum atomic E-state index is 0.533. The molecule has 1 heterocycles. The molecule has 6 heteroatoms. The molecule has 0 unspecified atom stereocenters. The quantitative estimate of drug-likeness (QED) is 0.737. The molecule has 0 bridgehead atoms. The Bertz CT molecular complexity index is 572. The Hall–Kier alpha value is -1.37. The first-order valence-corrected chi connectivity index (χ1v) is 10.1. The normalized spacial score (nSPS) is 18.7. The summed E-state index contributed by atoms with van der Waals surface area (Å²) in [5, 5.41) is 4.47. The fourth-order valence-corrected chi connectivity index (χ4v) is 4.04. The van der Waals surface area contributed by atoms with Gasteiger partial charge in [-0.3, -0.25) is 4.90 Å². The van der Waals surface area contributed by atoms with E-state index in [2.05, 4.69) is 27.2 Å². The summed E-state index contributed by atoms with van der Waals surface area (Å²) in [6.45, 7) is 6.36. The van der Waals surface area contributed by atoms with Crippen LogP contribution in [-0.2, 0) is 11.3 Å². The van der Waals surface area contributed by atoms with Crippen molar-refractivity contribution in [1.29, 1.82) is 0 Å². The summed E-state index contributed by atoms with van der Waals surface area (Å²) >= 11 is 5.79. The number of nitrogens with one attached hydrogen (secondary N) is 1. The summed E-state index contributed by atoms with van der Waals surface area (Å²) in [5.41, 5.74) is 1.17. The maximum Gasteiger partial charge on any atom is 0.169 e. The standard InChI is InChI=1S/C20H31N3O2S/c1-24-19-9-5-2-6-17(19)16-23(11-10-22-12-14-25-15-13-22)20(26)21-18-7-3-4-8-18/h2,5-6,9,18H,3-4,7-8,10-16H2,1H3,(H,21,26). The van der Waals surface area contributed by atoms with Crippen molar-refractivity contribution in [3.8, 4) is 5.75 Å². The molecule has 1 aliphatic heterocycles. The highest BCUT2D eigenvalue weighted by Gasteiger charge is 2.20. The second-order valence-electron chi connectivity index (χ2n) is 7.12. The van der Waals surface area contributed by atoms with Crippen LogP contribution in [-0.4, -0.2) is 67.5 Å². The molecule has 1 aromatic carbocycles. The zero-order chi connectivity index (χ0) is 18.2. The van der Waals surface area contributed by atoms with Crippen molar-refractivity contribution in [2.45, 2.75) is 38.3 Å². The maximum absolute atomic E-state index is 5.79. The lowest BCUT2D eigenvalue weighted by atomic mass is 10.2. The fraction of sp³-hybridized carbons (Fsp3) is 0.650. The molecule has 0 aromatic heterocycles. The molecule has 0 amide bonds. The smallest absolute Gasteiger partial charge is 0.169 e. The summed E-state index contributed by atoms with van der Waals surface area (Å²) in [6.07, 6.45) is 5.07. The van der Waals surface area contributed by atoms with E-state index in [1.54, 1.807) is 7.11 Å². The topological polar surface area (TPSA) is 37.0 Å². The van der Waals surface area contributed by atoms with E-state index < -0.39 is 0 Å². The second-order valence-corrected chi connectivity index (χ2v) is 7.50. The molecule has 2 aliphatic rings. The van der Waals surface area contributed by atoms with Gasteiger partial charge < -0.3 is 19.7 Å². The van der Waals surface area contributed by atoms with Gasteiger partial charge in [0.25, 0.3) is 0 Å². The summed E-state index contributed by atoms with van der Waals surface area (Å²) < 4.78 is 11.0. The Balaban J connectivity index is 1.63. The zero-order valence-electron chi connectivity index (χ0n) is 15.8. The minimum Gasteiger partial charge on any atom is -0.496 e. The molecule has 0 radical (unpaired) electrons. The lowest BCUT2D eigenvalue weighted by Crippen LogP contribution is -2.47. The van der Waals surface area contributed by atoms with Crippen molar-refractivity contribution in [2.24, 2.45) is 0 Å². The van der Waals surface area contributed by atoms with E-state index in [0.717, 1.165) is 56.8 Å². The number of para-hydroxylation sites is 1. The lowest BCUT2D eigenvalue weighted by molar-refractivity contribution is 0.0357. The van der Waals surface area contributed by atoms with Crippen molar-refractivity contribution < 1.29 is 9.47 Å². The highest BCUT2D eigenvalue weighted by Crippen LogP contribution is 2.21. The number of ether oxygens (including phenoxy) is 2. The summed E-state index contributed by atoms with van der Waals surface area (Å²) in [6, 6.07) is 8.74. The first-order valence-electron chi connectivity index (χ1n) is 9.73. The third-order valence-corrected chi connectivity index (χ3v) is 5.69. The number of methoxy groups -OCH3 is 1. The Morgan fingerprint density at radius 1 is 1.27 bits per heavy atom. The van der Waals surface area contributed by atoms with E-state index in [9.17, 15) is 0 Å². The molecule has 0 atom stereocenters. The van der Waals surface area contributed by atoms with Gasteiger partial charge in [0.15, 0.2) is 5.11 Å². The van der Waals surface area contributed by atoms with Crippen molar-refractivity contribution in [3.63, 3.8) is 0 Å². The number of nitrogens with zero attached hydrogens (tertiary/aromatic N) is 2. The molecule has 1 N–H and O–H groups in total. The predicted octanol–water partition coefficient (Wildman–Crippen LogP) is 2.65. The number of morpholine rings is 1. The number of rotatable bonds is 7. The van der Waals surface area contributed by atoms with Gasteiger partial charge in [-0.05, 0) is 31.1 Å². The molecule has 1 aliphatic carbocycles. The van der Waals surface area contributed by atoms with E-state index in [4.69, 9.17) is 21.7 Å². The van der Waals surface area contributed by atoms with Crippen LogP contribution in [0.4, 0.5) is 0 Å². The molecule has 0 spiro atoms. The van der Waals surface area contributed by atoms with Crippen molar-refractivity contribution in [1.82, 2.24) is 15.1 Å². The van der Waals surface area contributed by atoms with Crippen LogP contribution in [0.5, 0.6) is 5.75 Å². The van der Waals surface area contributed by atoms with Crippen LogP contribution in [0.15, 0.2) is 24.3 Å². The Labute approximate surface area is 162 Å². The number of hydrogen-bond acceptors (Lipinski definition) is 4. The van der Waals surface area contributed by atoms with Crippen LogP contribution < -0.4 is 10.1 Å². The monoisotopic (exact) mass is 377 g/mol. The summed E-state index contributed by atoms with van der Waals surface area (Å²) in [7, 11) is 1.73. The number of thiocarbonyl (C=S) groups is 1. The third-order valence-electron chi connectivity index (χ3n) is 5.31. The molecular weight excluding hydrogens is 346 g/mol. The number of hydrogen-bond donors (Lipinski definition) is 1. The van der Waals surface area contributed by atoms with Gasteiger partial charge in [0.1, 0.15) is 5.75 Å². The van der Waals surface area contributed by atoms with Crippen molar-refractivity contribution >= 4 is 17.3 Å². The largest absolute Gasteiger partial charge is 0.496 e. The lowest BCUT2D eigenvalue weighted by Gasteiger charge is -2.32. The van der Waals surface area contributed by atoms with Crippen LogP contribution in [0.1, 0.15) is 31.2 Å². The predicted molar refractivity (Wildman–Crippen MR) is 109 cm³/mol. The van der Waals surface area contributed by atoms with Crippen LogP contribution in [0.25, 0.3) is 0 Å². The average Bonchev–Trinajstić information content (AvgIpc) is 3.19. The molecule has 1 aromatic rings. The van der Waals surface area contributed by atoms with E-state index >= 15 is 0 Å². The Morgan fingerprint density at radius 3 is 2.73 bits per heavy atom. The molecule has 1 saturated carbocycles. The van der Waals surface area contributed by atoms with Crippen LogP contribution in [0.2, 0.25) is 0 Å². The van der Waals surface area contributed by atoms with Gasteiger partial charge in [0.2, 0.25) is 0 Å². The van der Waals surface area contributed by atoms with Crippen molar-refractivity contribution in [3.05, 3.63) is 29.8 Å². The molecule has 3 rings (SSSR count). The van der Waals surface area contributed by atoms with Crippen LogP contribution in [0.3, 0.4) is 0 Å². The first kappa shape index (κ1) is 19.4. The molecular formula is C20H31N3O2S. The first-order chi connectivity index (χ1) is 12.8. The van der Waals surface area contributed by atoms with E-state index in [-0.39, 0.29) is 0 Å². The Morgan fingerprint density at radius 2 is 2.00 bits per heavy atom. The molecule has 2 fully saturated rings. The van der Waals surface area contributed by atoms with Gasteiger partial charge in [-0.15, -0.1) is 0 Å². The van der Waals surface area contributed by atoms with Crippen LogP contribution >= 0.6 is 12.2 Å². The van der Waals surface area contributed by atoms with E-state index in [1.165, 1.54) is 31.2 Å². The summed E-state index contributed by atoms with van der Waals surface area (Å²) in [4.78, 5) is 4.75. The number of benzene rings is 1. The fourth-order valence-electron chi connectivity index (χ4n) is 3.71. The minimum absolute atomic E-state index is 0.533. The molecule has 144 valence electrons. The maximum atomic E-state index is 5.79. The van der Waals surface area contributed by atoms with Crippen LogP contribution in [0, 0.1) is 0 Å².